The van der Waals surface area contributed by atoms with Gasteiger partial charge in [-0.05, 0) is 20.3 Å². The number of nitrogens with zero attached hydrogens (tertiary/aromatic N) is 3. The number of hydrogen-bond donors (Lipinski definition) is 0. The lowest BCUT2D eigenvalue weighted by atomic mass is 10.3. The summed E-state index contributed by atoms with van der Waals surface area (Å²) in [5.41, 5.74) is 0.992. The Morgan fingerprint density at radius 3 is 2.76 bits per heavy atom. The van der Waals surface area contributed by atoms with Crippen LogP contribution in [0.25, 0.3) is 0 Å². The number of hydrogen-bond acceptors (Lipinski definition) is 5. The van der Waals surface area contributed by atoms with Gasteiger partial charge in [-0.15, -0.1) is 5.10 Å². The van der Waals surface area contributed by atoms with Gasteiger partial charge in [-0.2, -0.15) is 0 Å². The first-order valence-electron chi connectivity index (χ1n) is 5.85. The fourth-order valence-electron chi connectivity index (χ4n) is 1.36. The number of esters is 1. The van der Waals surface area contributed by atoms with E-state index < -0.39 is 5.97 Å². The highest BCUT2D eigenvalue weighted by Gasteiger charge is 2.16. The Balaban J connectivity index is 2.54. The number of ether oxygens (including phenoxy) is 2. The van der Waals surface area contributed by atoms with Crippen LogP contribution in [0.3, 0.4) is 0 Å². The Kier molecular flexibility index (Phi) is 5.62. The largest absolute Gasteiger partial charge is 0.461 e. The first-order chi connectivity index (χ1) is 8.20. The van der Waals surface area contributed by atoms with Crippen molar-refractivity contribution in [2.75, 3.05) is 19.8 Å². The van der Waals surface area contributed by atoms with E-state index in [0.29, 0.717) is 25.5 Å². The van der Waals surface area contributed by atoms with Gasteiger partial charge in [0, 0.05) is 6.61 Å². The predicted molar refractivity (Wildman–Crippen MR) is 61.8 cm³/mol. The molecule has 6 nitrogen and oxygen atoms in total. The van der Waals surface area contributed by atoms with E-state index in [1.54, 1.807) is 18.5 Å². The molecule has 17 heavy (non-hydrogen) atoms. The molecule has 0 aliphatic carbocycles. The predicted octanol–water partition coefficient (Wildman–Crippen LogP) is 1.19. The SMILES string of the molecule is CCCOCCn1nnc(C(=O)OCC)c1C. The second kappa shape index (κ2) is 7.01. The van der Waals surface area contributed by atoms with E-state index in [2.05, 4.69) is 17.2 Å². The quantitative estimate of drug-likeness (QED) is 0.530. The van der Waals surface area contributed by atoms with Gasteiger partial charge >= 0.3 is 5.97 Å². The van der Waals surface area contributed by atoms with Crippen LogP contribution in [0, 0.1) is 6.92 Å². The molecule has 0 spiro atoms. The van der Waals surface area contributed by atoms with Crippen molar-refractivity contribution in [3.8, 4) is 0 Å². The minimum Gasteiger partial charge on any atom is -0.461 e. The second-order valence-electron chi connectivity index (χ2n) is 3.58. The molecule has 1 aromatic heterocycles. The van der Waals surface area contributed by atoms with Gasteiger partial charge in [-0.3, -0.25) is 0 Å². The topological polar surface area (TPSA) is 66.2 Å². The molecule has 0 amide bonds. The molecule has 0 aliphatic heterocycles. The Labute approximate surface area is 101 Å². The zero-order chi connectivity index (χ0) is 12.7. The molecular weight excluding hydrogens is 222 g/mol. The minimum atomic E-state index is -0.425. The summed E-state index contributed by atoms with van der Waals surface area (Å²) in [5.74, 6) is -0.425. The van der Waals surface area contributed by atoms with E-state index in [-0.39, 0.29) is 5.69 Å². The average molecular weight is 241 g/mol. The van der Waals surface area contributed by atoms with E-state index in [1.165, 1.54) is 0 Å². The van der Waals surface area contributed by atoms with Gasteiger partial charge in [0.25, 0.3) is 0 Å². The summed E-state index contributed by atoms with van der Waals surface area (Å²) in [7, 11) is 0. The maximum absolute atomic E-state index is 11.5. The van der Waals surface area contributed by atoms with Gasteiger partial charge in [-0.25, -0.2) is 9.48 Å². The van der Waals surface area contributed by atoms with E-state index in [4.69, 9.17) is 9.47 Å². The zero-order valence-corrected chi connectivity index (χ0v) is 10.6. The third kappa shape index (κ3) is 3.81. The van der Waals surface area contributed by atoms with Gasteiger partial charge in [0.05, 0.1) is 25.5 Å². The number of carbonyl (C=O) groups is 1. The summed E-state index contributed by atoms with van der Waals surface area (Å²) >= 11 is 0. The molecule has 0 N–H and O–H groups in total. The third-order valence-corrected chi connectivity index (χ3v) is 2.25. The molecule has 0 aliphatic rings. The molecule has 96 valence electrons. The number of aromatic nitrogens is 3. The van der Waals surface area contributed by atoms with E-state index >= 15 is 0 Å². The van der Waals surface area contributed by atoms with Gasteiger partial charge in [0.1, 0.15) is 0 Å². The Morgan fingerprint density at radius 1 is 1.35 bits per heavy atom. The highest BCUT2D eigenvalue weighted by molar-refractivity contribution is 5.88. The standard InChI is InChI=1S/C11H19N3O3/c1-4-7-16-8-6-14-9(3)10(12-13-14)11(15)17-5-2/h4-8H2,1-3H3. The maximum Gasteiger partial charge on any atom is 0.360 e. The molecular formula is C11H19N3O3. The molecule has 0 radical (unpaired) electrons. The van der Waals surface area contributed by atoms with Gasteiger partial charge in [0.15, 0.2) is 5.69 Å². The number of rotatable bonds is 7. The number of carbonyl (C=O) groups excluding carboxylic acids is 1. The molecule has 1 rings (SSSR count). The molecule has 0 aromatic carbocycles. The summed E-state index contributed by atoms with van der Waals surface area (Å²) in [4.78, 5) is 11.5. The first-order valence-corrected chi connectivity index (χ1v) is 5.85. The molecule has 0 unspecified atom stereocenters. The van der Waals surface area contributed by atoms with Crippen LogP contribution < -0.4 is 0 Å². The molecule has 0 bridgehead atoms. The third-order valence-electron chi connectivity index (χ3n) is 2.25. The van der Waals surface area contributed by atoms with Crippen LogP contribution in [-0.2, 0) is 16.0 Å². The van der Waals surface area contributed by atoms with Gasteiger partial charge in [-0.1, -0.05) is 12.1 Å². The van der Waals surface area contributed by atoms with Crippen LogP contribution in [0.4, 0.5) is 0 Å². The second-order valence-corrected chi connectivity index (χ2v) is 3.58. The zero-order valence-electron chi connectivity index (χ0n) is 10.6. The van der Waals surface area contributed by atoms with Crippen molar-refractivity contribution in [3.63, 3.8) is 0 Å². The first kappa shape index (κ1) is 13.6. The van der Waals surface area contributed by atoms with Crippen molar-refractivity contribution >= 4 is 5.97 Å². The Morgan fingerprint density at radius 2 is 2.12 bits per heavy atom. The van der Waals surface area contributed by atoms with E-state index in [9.17, 15) is 4.79 Å². The van der Waals surface area contributed by atoms with E-state index in [1.807, 2.05) is 0 Å². The fraction of sp³-hybridized carbons (Fsp3) is 0.727. The summed E-state index contributed by atoms with van der Waals surface area (Å²) in [6.07, 6.45) is 0.990. The molecule has 6 heteroatoms. The van der Waals surface area contributed by atoms with Gasteiger partial charge in [0.2, 0.25) is 0 Å². The summed E-state index contributed by atoms with van der Waals surface area (Å²) in [6.45, 7) is 7.85. The lowest BCUT2D eigenvalue weighted by Gasteiger charge is -2.04. The van der Waals surface area contributed by atoms with Crippen LogP contribution in [0.15, 0.2) is 0 Å². The molecule has 1 aromatic rings. The molecule has 0 saturated carbocycles. The summed E-state index contributed by atoms with van der Waals surface area (Å²) in [6, 6.07) is 0. The van der Waals surface area contributed by atoms with Crippen molar-refractivity contribution in [1.29, 1.82) is 0 Å². The Hall–Kier alpha value is -1.43. The smallest absolute Gasteiger partial charge is 0.360 e. The minimum absolute atomic E-state index is 0.280. The fourth-order valence-corrected chi connectivity index (χ4v) is 1.36. The Bertz CT molecular complexity index is 363. The molecule has 1 heterocycles. The van der Waals surface area contributed by atoms with E-state index in [0.717, 1.165) is 13.0 Å². The van der Waals surface area contributed by atoms with Crippen LogP contribution in [0.5, 0.6) is 0 Å². The van der Waals surface area contributed by atoms with Crippen molar-refractivity contribution in [2.24, 2.45) is 0 Å². The maximum atomic E-state index is 11.5. The molecule has 0 fully saturated rings. The average Bonchev–Trinajstić information content (AvgIpc) is 2.67. The highest BCUT2D eigenvalue weighted by Crippen LogP contribution is 2.05. The van der Waals surface area contributed by atoms with Crippen LogP contribution in [0.2, 0.25) is 0 Å². The summed E-state index contributed by atoms with van der Waals surface area (Å²) < 4.78 is 11.9. The van der Waals surface area contributed by atoms with Crippen LogP contribution in [-0.4, -0.2) is 40.8 Å². The van der Waals surface area contributed by atoms with Crippen LogP contribution in [0.1, 0.15) is 36.5 Å². The van der Waals surface area contributed by atoms with Crippen molar-refractivity contribution in [1.82, 2.24) is 15.0 Å². The molecule has 0 saturated heterocycles. The van der Waals surface area contributed by atoms with Crippen molar-refractivity contribution < 1.29 is 14.3 Å². The van der Waals surface area contributed by atoms with Gasteiger partial charge < -0.3 is 9.47 Å². The van der Waals surface area contributed by atoms with Crippen molar-refractivity contribution in [3.05, 3.63) is 11.4 Å². The lowest BCUT2D eigenvalue weighted by molar-refractivity contribution is 0.0518. The molecule has 0 atom stereocenters. The van der Waals surface area contributed by atoms with Crippen molar-refractivity contribution in [2.45, 2.75) is 33.7 Å². The lowest BCUT2D eigenvalue weighted by Crippen LogP contribution is -2.11. The van der Waals surface area contributed by atoms with Crippen LogP contribution >= 0.6 is 0 Å². The normalized spacial score (nSPS) is 10.5. The highest BCUT2D eigenvalue weighted by atomic mass is 16.5. The monoisotopic (exact) mass is 241 g/mol. The summed E-state index contributed by atoms with van der Waals surface area (Å²) in [5, 5.41) is 7.72.